The van der Waals surface area contributed by atoms with Crippen molar-refractivity contribution < 1.29 is 35.1 Å². The number of aliphatic hydroxyl groups excluding tert-OH is 2. The number of carbonyl (C=O) groups excluding carboxylic acids is 1. The van der Waals surface area contributed by atoms with E-state index >= 15 is 0 Å². The third-order valence-electron chi connectivity index (χ3n) is 10.5. The zero-order valence-electron chi connectivity index (χ0n) is 20.6. The molecule has 0 saturated heterocycles. The van der Waals surface area contributed by atoms with Gasteiger partial charge in [-0.25, -0.2) is 4.79 Å². The van der Waals surface area contributed by atoms with Crippen molar-refractivity contribution >= 4 is 5.97 Å². The van der Waals surface area contributed by atoms with Crippen LogP contribution in [0.2, 0.25) is 0 Å². The van der Waals surface area contributed by atoms with Gasteiger partial charge in [0.05, 0.1) is 23.2 Å². The minimum Gasteiger partial charge on any atom is -0.458 e. The van der Waals surface area contributed by atoms with Crippen LogP contribution in [0.15, 0.2) is 36.2 Å². The van der Waals surface area contributed by atoms with Crippen molar-refractivity contribution in [2.24, 2.45) is 16.7 Å². The molecule has 0 radical (unpaired) electrons. The quantitative estimate of drug-likeness (QED) is 0.322. The van der Waals surface area contributed by atoms with Crippen LogP contribution in [0.25, 0.3) is 0 Å². The van der Waals surface area contributed by atoms with Gasteiger partial charge in [-0.15, -0.1) is 0 Å². The number of hydrogen-bond acceptors (Lipinski definition) is 8. The monoisotopic (exact) mass is 487 g/mol. The van der Waals surface area contributed by atoms with Crippen molar-refractivity contribution in [3.8, 4) is 0 Å². The van der Waals surface area contributed by atoms with Crippen molar-refractivity contribution in [3.05, 3.63) is 41.7 Å². The standard InChI is InChI=1S/C27H37NO7/c1-16(29)25(32)10-11-27(34)24(25,3)21(35-22(31)17-5-4-12-28-15-17)14-20-23(2)8-7-19(30)13-18(23)6-9-26(20,27)33/h4-6,12,15-16,19-21,29-30,32-34H,7-11,13-14H2,1-3H3/t16?,19-,20+,21+,23-,24+,25+,26-,27+/m0/s1. The van der Waals surface area contributed by atoms with Crippen LogP contribution < -0.4 is 0 Å². The molecule has 5 rings (SSSR count). The summed E-state index contributed by atoms with van der Waals surface area (Å²) in [6.45, 7) is 5.16. The van der Waals surface area contributed by atoms with Crippen molar-refractivity contribution in [2.75, 3.05) is 0 Å². The Morgan fingerprint density at radius 3 is 2.60 bits per heavy atom. The molecule has 0 spiro atoms. The lowest BCUT2D eigenvalue weighted by Gasteiger charge is -2.67. The Morgan fingerprint density at radius 2 is 1.94 bits per heavy atom. The van der Waals surface area contributed by atoms with Crippen LogP contribution in [-0.4, -0.2) is 71.6 Å². The summed E-state index contributed by atoms with van der Waals surface area (Å²) in [4.78, 5) is 17.2. The fourth-order valence-electron chi connectivity index (χ4n) is 8.19. The second kappa shape index (κ2) is 7.83. The predicted octanol–water partition coefficient (Wildman–Crippen LogP) is 1.88. The van der Waals surface area contributed by atoms with E-state index in [0.29, 0.717) is 19.3 Å². The Labute approximate surface area is 205 Å². The van der Waals surface area contributed by atoms with Gasteiger partial charge in [0, 0.05) is 18.3 Å². The van der Waals surface area contributed by atoms with Crippen molar-refractivity contribution in [1.29, 1.82) is 0 Å². The average Bonchev–Trinajstić information content (AvgIpc) is 3.06. The molecule has 1 heterocycles. The summed E-state index contributed by atoms with van der Waals surface area (Å²) >= 11 is 0. The Bertz CT molecular complexity index is 1050. The molecule has 8 heteroatoms. The molecule has 1 unspecified atom stereocenters. The third-order valence-corrected chi connectivity index (χ3v) is 10.5. The van der Waals surface area contributed by atoms with Gasteiger partial charge in [-0.1, -0.05) is 25.5 Å². The molecule has 35 heavy (non-hydrogen) atoms. The van der Waals surface area contributed by atoms with Gasteiger partial charge < -0.3 is 30.3 Å². The summed E-state index contributed by atoms with van der Waals surface area (Å²) < 4.78 is 6.06. The number of pyridine rings is 1. The number of esters is 1. The van der Waals surface area contributed by atoms with E-state index in [-0.39, 0.29) is 31.2 Å². The van der Waals surface area contributed by atoms with E-state index in [9.17, 15) is 30.3 Å². The topological polar surface area (TPSA) is 140 Å². The average molecular weight is 488 g/mol. The molecule has 3 fully saturated rings. The second-order valence-electron chi connectivity index (χ2n) is 11.8. The first-order chi connectivity index (χ1) is 16.3. The van der Waals surface area contributed by atoms with Gasteiger partial charge in [-0.05, 0) is 69.4 Å². The molecule has 0 amide bonds. The summed E-state index contributed by atoms with van der Waals surface area (Å²) in [6, 6.07) is 3.21. The summed E-state index contributed by atoms with van der Waals surface area (Å²) in [7, 11) is 0. The van der Waals surface area contributed by atoms with Crippen LogP contribution in [-0.2, 0) is 4.74 Å². The molecule has 1 aromatic heterocycles. The fourth-order valence-corrected chi connectivity index (χ4v) is 8.19. The third kappa shape index (κ3) is 3.04. The second-order valence-corrected chi connectivity index (χ2v) is 11.8. The normalized spacial score (nSPS) is 47.7. The summed E-state index contributed by atoms with van der Waals surface area (Å²) in [5, 5.41) is 57.6. The van der Waals surface area contributed by atoms with E-state index in [4.69, 9.17) is 4.74 Å². The lowest BCUT2D eigenvalue weighted by atomic mass is 9.42. The Kier molecular flexibility index (Phi) is 5.55. The van der Waals surface area contributed by atoms with E-state index < -0.39 is 57.8 Å². The summed E-state index contributed by atoms with van der Waals surface area (Å²) in [5.74, 6) is -1.10. The fraction of sp³-hybridized carbons (Fsp3) is 0.704. The molecule has 4 aliphatic carbocycles. The number of nitrogens with zero attached hydrogens (tertiary/aromatic N) is 1. The molecule has 0 bridgehead atoms. The van der Waals surface area contributed by atoms with E-state index in [1.807, 2.05) is 6.08 Å². The first-order valence-electron chi connectivity index (χ1n) is 12.7. The van der Waals surface area contributed by atoms with Crippen LogP contribution in [0, 0.1) is 16.7 Å². The number of ether oxygens (including phenoxy) is 1. The van der Waals surface area contributed by atoms with Gasteiger partial charge in [0.2, 0.25) is 0 Å². The maximum absolute atomic E-state index is 13.2. The van der Waals surface area contributed by atoms with Crippen molar-refractivity contribution in [1.82, 2.24) is 4.98 Å². The molecule has 5 N–H and O–H groups in total. The number of fused-ring (bicyclic) bond motifs is 5. The number of carbonyl (C=O) groups is 1. The smallest absolute Gasteiger partial charge is 0.339 e. The van der Waals surface area contributed by atoms with Gasteiger partial charge in [-0.3, -0.25) is 4.98 Å². The van der Waals surface area contributed by atoms with Gasteiger partial charge in [0.25, 0.3) is 0 Å². The molecule has 1 aromatic rings. The zero-order chi connectivity index (χ0) is 25.4. The molecular weight excluding hydrogens is 450 g/mol. The highest BCUT2D eigenvalue weighted by Crippen LogP contribution is 2.71. The molecule has 4 aliphatic rings. The van der Waals surface area contributed by atoms with Gasteiger partial charge in [0.1, 0.15) is 22.9 Å². The zero-order valence-corrected chi connectivity index (χ0v) is 20.6. The maximum atomic E-state index is 13.2. The van der Waals surface area contributed by atoms with E-state index in [0.717, 1.165) is 5.57 Å². The molecule has 0 aliphatic heterocycles. The minimum atomic E-state index is -1.82. The Balaban J connectivity index is 1.64. The highest BCUT2D eigenvalue weighted by molar-refractivity contribution is 5.89. The Hall–Kier alpha value is -1.84. The largest absolute Gasteiger partial charge is 0.458 e. The van der Waals surface area contributed by atoms with Gasteiger partial charge >= 0.3 is 5.97 Å². The van der Waals surface area contributed by atoms with Crippen molar-refractivity contribution in [2.45, 2.75) is 101 Å². The maximum Gasteiger partial charge on any atom is 0.339 e. The van der Waals surface area contributed by atoms with Crippen molar-refractivity contribution in [3.63, 3.8) is 0 Å². The van der Waals surface area contributed by atoms with E-state index in [2.05, 4.69) is 11.9 Å². The highest BCUT2D eigenvalue weighted by atomic mass is 16.5. The van der Waals surface area contributed by atoms with Crippen LogP contribution >= 0.6 is 0 Å². The molecule has 3 saturated carbocycles. The molecule has 9 atom stereocenters. The minimum absolute atomic E-state index is 0.0552. The van der Waals surface area contributed by atoms with Gasteiger partial charge in [-0.2, -0.15) is 0 Å². The van der Waals surface area contributed by atoms with Gasteiger partial charge in [0.15, 0.2) is 0 Å². The van der Waals surface area contributed by atoms with Crippen LogP contribution in [0.4, 0.5) is 0 Å². The number of aromatic nitrogens is 1. The van der Waals surface area contributed by atoms with Crippen LogP contribution in [0.1, 0.15) is 76.1 Å². The van der Waals surface area contributed by atoms with Crippen LogP contribution in [0.5, 0.6) is 0 Å². The SMILES string of the molecule is CC(O)[C@]1(O)CC[C@@]2(O)[C@]1(C)[C@H](OC(=O)c1cccnc1)C[C@@H]1[C@@]3(C)CC[C@H](O)CC3=CC[C@]12O. The lowest BCUT2D eigenvalue weighted by Crippen LogP contribution is -2.78. The lowest BCUT2D eigenvalue weighted by molar-refractivity contribution is -0.324. The Morgan fingerprint density at radius 1 is 1.20 bits per heavy atom. The molecular formula is C27H37NO7. The van der Waals surface area contributed by atoms with E-state index in [1.165, 1.54) is 13.1 Å². The highest BCUT2D eigenvalue weighted by Gasteiger charge is 2.81. The number of rotatable bonds is 3. The molecule has 192 valence electrons. The number of hydrogen-bond donors (Lipinski definition) is 5. The summed E-state index contributed by atoms with van der Waals surface area (Å²) in [6.07, 6.45) is 4.45. The van der Waals surface area contributed by atoms with Crippen LogP contribution in [0.3, 0.4) is 0 Å². The molecule has 0 aromatic carbocycles. The molecule has 8 nitrogen and oxygen atoms in total. The summed E-state index contributed by atoms with van der Waals surface area (Å²) in [5.41, 5.74) is -5.94. The number of aliphatic hydroxyl groups is 5. The predicted molar refractivity (Wildman–Crippen MR) is 126 cm³/mol. The van der Waals surface area contributed by atoms with E-state index in [1.54, 1.807) is 25.3 Å². The first kappa shape index (κ1) is 24.8. The first-order valence-corrected chi connectivity index (χ1v) is 12.7.